The molecule has 2 N–H and O–H groups in total. The lowest BCUT2D eigenvalue weighted by Gasteiger charge is -2.14. The van der Waals surface area contributed by atoms with E-state index in [4.69, 9.17) is 21.1 Å². The average molecular weight is 467 g/mol. The molecule has 0 saturated carbocycles. The van der Waals surface area contributed by atoms with Crippen LogP contribution in [0.15, 0.2) is 78.9 Å². The van der Waals surface area contributed by atoms with Crippen LogP contribution < -0.4 is 15.4 Å². The molecule has 0 radical (unpaired) electrons. The molecule has 8 heteroatoms. The summed E-state index contributed by atoms with van der Waals surface area (Å²) in [5.41, 5.74) is 1.23. The monoisotopic (exact) mass is 466 g/mol. The van der Waals surface area contributed by atoms with Crippen LogP contribution in [0.25, 0.3) is 0 Å². The number of hydrogen-bond donors (Lipinski definition) is 2. The van der Waals surface area contributed by atoms with Crippen molar-refractivity contribution in [3.63, 3.8) is 0 Å². The molecule has 0 bridgehead atoms. The molecule has 3 aromatic carbocycles. The fraction of sp³-hybridized carbons (Fsp3) is 0.160. The van der Waals surface area contributed by atoms with Gasteiger partial charge in [0.15, 0.2) is 6.61 Å². The van der Waals surface area contributed by atoms with Crippen molar-refractivity contribution >= 4 is 29.4 Å². The first kappa shape index (κ1) is 23.8. The molecule has 0 aliphatic heterocycles. The third kappa shape index (κ3) is 7.66. The van der Waals surface area contributed by atoms with Gasteiger partial charge >= 0.3 is 5.97 Å². The maximum Gasteiger partial charge on any atom is 0.325 e. The standard InChI is InChI=1S/C25H23ClN2O5/c1-17(18-7-11-20(26)12-8-18)28-23(29)16-32-24(30)15-27-25(31)19-9-13-22(14-10-19)33-21-5-3-2-4-6-21/h2-14,17H,15-16H2,1H3,(H,27,31)(H,28,29). The Hall–Kier alpha value is -3.84. The number of para-hydroxylation sites is 1. The van der Waals surface area contributed by atoms with Gasteiger partial charge in [-0.25, -0.2) is 0 Å². The van der Waals surface area contributed by atoms with E-state index in [1.54, 1.807) is 55.5 Å². The van der Waals surface area contributed by atoms with Gasteiger partial charge in [-0.15, -0.1) is 0 Å². The lowest BCUT2D eigenvalue weighted by atomic mass is 10.1. The number of carbonyl (C=O) groups is 3. The Morgan fingerprint density at radius 2 is 1.52 bits per heavy atom. The van der Waals surface area contributed by atoms with Crippen molar-refractivity contribution < 1.29 is 23.9 Å². The molecule has 0 aliphatic carbocycles. The Bertz CT molecular complexity index is 1090. The Balaban J connectivity index is 1.38. The minimum Gasteiger partial charge on any atom is -0.457 e. The van der Waals surface area contributed by atoms with E-state index in [2.05, 4.69) is 10.6 Å². The molecular formula is C25H23ClN2O5. The first-order valence-corrected chi connectivity index (χ1v) is 10.6. The summed E-state index contributed by atoms with van der Waals surface area (Å²) in [6.07, 6.45) is 0. The molecular weight excluding hydrogens is 444 g/mol. The van der Waals surface area contributed by atoms with Crippen LogP contribution in [-0.2, 0) is 14.3 Å². The first-order valence-electron chi connectivity index (χ1n) is 10.2. The van der Waals surface area contributed by atoms with Crippen molar-refractivity contribution in [2.24, 2.45) is 0 Å². The molecule has 33 heavy (non-hydrogen) atoms. The zero-order valence-corrected chi connectivity index (χ0v) is 18.7. The zero-order chi connectivity index (χ0) is 23.6. The molecule has 1 atom stereocenters. The van der Waals surface area contributed by atoms with E-state index in [1.807, 2.05) is 30.3 Å². The maximum absolute atomic E-state index is 12.2. The largest absolute Gasteiger partial charge is 0.457 e. The van der Waals surface area contributed by atoms with Gasteiger partial charge < -0.3 is 20.1 Å². The number of esters is 1. The maximum atomic E-state index is 12.2. The Morgan fingerprint density at radius 3 is 2.18 bits per heavy atom. The van der Waals surface area contributed by atoms with Crippen LogP contribution in [0.3, 0.4) is 0 Å². The molecule has 7 nitrogen and oxygen atoms in total. The van der Waals surface area contributed by atoms with E-state index in [-0.39, 0.29) is 12.6 Å². The molecule has 1 unspecified atom stereocenters. The summed E-state index contributed by atoms with van der Waals surface area (Å²) in [5.74, 6) is -0.355. The van der Waals surface area contributed by atoms with Crippen molar-refractivity contribution in [1.29, 1.82) is 0 Å². The minimum absolute atomic E-state index is 0.276. The molecule has 0 aliphatic rings. The van der Waals surface area contributed by atoms with E-state index in [1.165, 1.54) is 0 Å². The molecule has 170 valence electrons. The highest BCUT2D eigenvalue weighted by atomic mass is 35.5. The second kappa shape index (κ2) is 11.7. The van der Waals surface area contributed by atoms with Crippen LogP contribution in [-0.4, -0.2) is 30.9 Å². The number of nitrogens with one attached hydrogen (secondary N) is 2. The van der Waals surface area contributed by atoms with Crippen LogP contribution in [0.2, 0.25) is 5.02 Å². The lowest BCUT2D eigenvalue weighted by molar-refractivity contribution is -0.147. The van der Waals surface area contributed by atoms with Crippen LogP contribution in [0.5, 0.6) is 11.5 Å². The van der Waals surface area contributed by atoms with Gasteiger partial charge in [-0.05, 0) is 61.0 Å². The third-order valence-corrected chi connectivity index (χ3v) is 4.85. The van der Waals surface area contributed by atoms with Gasteiger partial charge in [-0.2, -0.15) is 0 Å². The summed E-state index contributed by atoms with van der Waals surface area (Å²) in [6.45, 7) is 0.999. The molecule has 0 aromatic heterocycles. The molecule has 3 rings (SSSR count). The zero-order valence-electron chi connectivity index (χ0n) is 17.9. The summed E-state index contributed by atoms with van der Waals surface area (Å²) in [5, 5.41) is 5.79. The molecule has 3 aromatic rings. The normalized spacial score (nSPS) is 11.2. The van der Waals surface area contributed by atoms with Crippen molar-refractivity contribution in [3.8, 4) is 11.5 Å². The molecule has 0 spiro atoms. The molecule has 0 fully saturated rings. The smallest absolute Gasteiger partial charge is 0.325 e. The van der Waals surface area contributed by atoms with Crippen molar-refractivity contribution in [2.75, 3.05) is 13.2 Å². The van der Waals surface area contributed by atoms with E-state index in [9.17, 15) is 14.4 Å². The highest BCUT2D eigenvalue weighted by Crippen LogP contribution is 2.21. The van der Waals surface area contributed by atoms with E-state index in [0.717, 1.165) is 5.56 Å². The van der Waals surface area contributed by atoms with Gasteiger partial charge in [-0.1, -0.05) is 41.9 Å². The molecule has 0 heterocycles. The molecule has 0 saturated heterocycles. The van der Waals surface area contributed by atoms with Crippen LogP contribution in [0.1, 0.15) is 28.9 Å². The number of carbonyl (C=O) groups excluding carboxylic acids is 3. The number of halogens is 1. The van der Waals surface area contributed by atoms with Crippen LogP contribution in [0.4, 0.5) is 0 Å². The van der Waals surface area contributed by atoms with Crippen molar-refractivity contribution in [2.45, 2.75) is 13.0 Å². The topological polar surface area (TPSA) is 93.7 Å². The van der Waals surface area contributed by atoms with Gasteiger partial charge in [0.1, 0.15) is 18.0 Å². The lowest BCUT2D eigenvalue weighted by Crippen LogP contribution is -2.34. The Labute approximate surface area is 196 Å². The van der Waals surface area contributed by atoms with E-state index in [0.29, 0.717) is 22.1 Å². The minimum atomic E-state index is -0.721. The summed E-state index contributed by atoms with van der Waals surface area (Å²) >= 11 is 5.85. The van der Waals surface area contributed by atoms with Gasteiger partial charge in [-0.3, -0.25) is 14.4 Å². The van der Waals surface area contributed by atoms with Gasteiger partial charge in [0.2, 0.25) is 0 Å². The second-order valence-corrected chi connectivity index (χ2v) is 7.56. The average Bonchev–Trinajstić information content (AvgIpc) is 2.82. The van der Waals surface area contributed by atoms with Crippen molar-refractivity contribution in [1.82, 2.24) is 10.6 Å². The number of hydrogen-bond acceptors (Lipinski definition) is 5. The van der Waals surface area contributed by atoms with E-state index < -0.39 is 24.4 Å². The fourth-order valence-electron chi connectivity index (χ4n) is 2.87. The fourth-order valence-corrected chi connectivity index (χ4v) is 2.99. The number of amides is 2. The highest BCUT2D eigenvalue weighted by Gasteiger charge is 2.13. The van der Waals surface area contributed by atoms with Crippen LogP contribution >= 0.6 is 11.6 Å². The predicted octanol–water partition coefficient (Wildman–Crippen LogP) is 4.28. The first-order chi connectivity index (χ1) is 15.9. The van der Waals surface area contributed by atoms with Gasteiger partial charge in [0.25, 0.3) is 11.8 Å². The SMILES string of the molecule is CC(NC(=O)COC(=O)CNC(=O)c1ccc(Oc2ccccc2)cc1)c1ccc(Cl)cc1. The molecule has 2 amide bonds. The summed E-state index contributed by atoms with van der Waals surface area (Å²) in [4.78, 5) is 36.1. The van der Waals surface area contributed by atoms with Gasteiger partial charge in [0.05, 0.1) is 6.04 Å². The summed E-state index contributed by atoms with van der Waals surface area (Å²) in [6, 6.07) is 22.5. The van der Waals surface area contributed by atoms with Crippen molar-refractivity contribution in [3.05, 3.63) is 95.0 Å². The Kier molecular flexibility index (Phi) is 8.43. The number of rotatable bonds is 9. The quantitative estimate of drug-likeness (QED) is 0.459. The Morgan fingerprint density at radius 1 is 0.879 bits per heavy atom. The summed E-state index contributed by atoms with van der Waals surface area (Å²) < 4.78 is 10.6. The number of ether oxygens (including phenoxy) is 2. The van der Waals surface area contributed by atoms with Gasteiger partial charge in [0, 0.05) is 10.6 Å². The van der Waals surface area contributed by atoms with E-state index >= 15 is 0 Å². The second-order valence-electron chi connectivity index (χ2n) is 7.12. The third-order valence-electron chi connectivity index (χ3n) is 4.60. The number of benzene rings is 3. The summed E-state index contributed by atoms with van der Waals surface area (Å²) in [7, 11) is 0. The van der Waals surface area contributed by atoms with Crippen LogP contribution in [0, 0.1) is 0 Å². The highest BCUT2D eigenvalue weighted by molar-refractivity contribution is 6.30. The predicted molar refractivity (Wildman–Crippen MR) is 124 cm³/mol.